The molecule has 1 amide bonds. The molecule has 2 aromatic carbocycles. The molecule has 1 aliphatic rings. The van der Waals surface area contributed by atoms with Crippen molar-refractivity contribution in [3.63, 3.8) is 0 Å². The predicted molar refractivity (Wildman–Crippen MR) is 127 cm³/mol. The fourth-order valence-corrected chi connectivity index (χ4v) is 3.50. The van der Waals surface area contributed by atoms with Gasteiger partial charge in [-0.05, 0) is 42.5 Å². The van der Waals surface area contributed by atoms with E-state index in [0.717, 1.165) is 38.5 Å². The number of aromatic carboxylic acids is 1. The number of hydrogen-bond donors (Lipinski definition) is 3. The molecule has 176 valence electrons. The van der Waals surface area contributed by atoms with E-state index in [1.165, 1.54) is 18.3 Å². The Hall–Kier alpha value is -3.95. The summed E-state index contributed by atoms with van der Waals surface area (Å²) in [4.78, 5) is 30.3. The van der Waals surface area contributed by atoms with Crippen LogP contribution in [-0.4, -0.2) is 66.2 Å². The number of anilines is 1. The van der Waals surface area contributed by atoms with Crippen LogP contribution in [0, 0.1) is 0 Å². The number of rotatable bonds is 9. The Morgan fingerprint density at radius 1 is 1.00 bits per heavy atom. The minimum atomic E-state index is -1.12. The topological polar surface area (TPSA) is 113 Å². The molecule has 9 nitrogen and oxygen atoms in total. The van der Waals surface area contributed by atoms with Crippen LogP contribution in [-0.2, 0) is 0 Å². The lowest BCUT2D eigenvalue weighted by molar-refractivity contribution is 0.0698. The maximum Gasteiger partial charge on any atom is 0.337 e. The predicted octanol–water partition coefficient (Wildman–Crippen LogP) is 3.11. The van der Waals surface area contributed by atoms with Gasteiger partial charge in [0.05, 0.1) is 16.8 Å². The first-order valence-electron chi connectivity index (χ1n) is 11.0. The van der Waals surface area contributed by atoms with E-state index in [1.54, 1.807) is 36.4 Å². The Morgan fingerprint density at radius 3 is 2.44 bits per heavy atom. The lowest BCUT2D eigenvalue weighted by atomic mass is 10.1. The molecular weight excluding hydrogens is 436 g/mol. The van der Waals surface area contributed by atoms with Crippen molar-refractivity contribution in [3.05, 3.63) is 78.0 Å². The number of carbonyl (C=O) groups is 2. The summed E-state index contributed by atoms with van der Waals surface area (Å²) in [6.07, 6.45) is 1.38. The molecule has 0 atom stereocenters. The zero-order chi connectivity index (χ0) is 23.8. The van der Waals surface area contributed by atoms with Crippen LogP contribution in [0.5, 0.6) is 17.4 Å². The maximum atomic E-state index is 12.5. The molecule has 1 aliphatic heterocycles. The van der Waals surface area contributed by atoms with Gasteiger partial charge in [-0.15, -0.1) is 0 Å². The van der Waals surface area contributed by atoms with Crippen LogP contribution in [0.15, 0.2) is 66.9 Å². The smallest absolute Gasteiger partial charge is 0.337 e. The van der Waals surface area contributed by atoms with Crippen molar-refractivity contribution in [2.45, 2.75) is 0 Å². The van der Waals surface area contributed by atoms with Gasteiger partial charge in [0, 0.05) is 45.0 Å². The van der Waals surface area contributed by atoms with Crippen molar-refractivity contribution in [1.29, 1.82) is 0 Å². The molecule has 3 aromatic rings. The van der Waals surface area contributed by atoms with Gasteiger partial charge in [-0.3, -0.25) is 9.69 Å². The highest BCUT2D eigenvalue weighted by molar-refractivity contribution is 6.07. The molecule has 1 fully saturated rings. The second kappa shape index (κ2) is 11.3. The standard InChI is InChI=1S/C25H26N4O5/c30-24(28-22-4-2-1-3-21(22)25(31)32)18-5-10-23(27-17-18)34-20-8-6-19(7-9-20)33-16-15-29-13-11-26-12-14-29/h1-10,17,26H,11-16H2,(H,28,30)(H,31,32). The number of para-hydroxylation sites is 1. The Morgan fingerprint density at radius 2 is 1.74 bits per heavy atom. The highest BCUT2D eigenvalue weighted by Gasteiger charge is 2.14. The summed E-state index contributed by atoms with van der Waals surface area (Å²) in [5, 5.41) is 15.2. The zero-order valence-electron chi connectivity index (χ0n) is 18.6. The molecule has 2 heterocycles. The van der Waals surface area contributed by atoms with Gasteiger partial charge in [-0.2, -0.15) is 0 Å². The van der Waals surface area contributed by atoms with Crippen LogP contribution in [0.2, 0.25) is 0 Å². The monoisotopic (exact) mass is 462 g/mol. The highest BCUT2D eigenvalue weighted by Crippen LogP contribution is 2.23. The first-order chi connectivity index (χ1) is 16.6. The quantitative estimate of drug-likeness (QED) is 0.445. The molecule has 4 rings (SSSR count). The van der Waals surface area contributed by atoms with Gasteiger partial charge in [0.1, 0.15) is 18.1 Å². The molecule has 34 heavy (non-hydrogen) atoms. The van der Waals surface area contributed by atoms with Gasteiger partial charge in [0.25, 0.3) is 5.91 Å². The minimum absolute atomic E-state index is 0.0139. The molecule has 0 radical (unpaired) electrons. The summed E-state index contributed by atoms with van der Waals surface area (Å²) in [5.41, 5.74) is 0.510. The highest BCUT2D eigenvalue weighted by atomic mass is 16.5. The van der Waals surface area contributed by atoms with Crippen molar-refractivity contribution >= 4 is 17.6 Å². The number of carboxylic acid groups (broad SMARTS) is 1. The van der Waals surface area contributed by atoms with Crippen molar-refractivity contribution in [1.82, 2.24) is 15.2 Å². The number of pyridine rings is 1. The molecule has 0 spiro atoms. The molecule has 1 aromatic heterocycles. The SMILES string of the molecule is O=C(Nc1ccccc1C(=O)O)c1ccc(Oc2ccc(OCCN3CCNCC3)cc2)nc1. The van der Waals surface area contributed by atoms with Gasteiger partial charge in [-0.25, -0.2) is 9.78 Å². The van der Waals surface area contributed by atoms with E-state index in [4.69, 9.17) is 9.47 Å². The fraction of sp³-hybridized carbons (Fsp3) is 0.240. The van der Waals surface area contributed by atoms with Crippen LogP contribution in [0.4, 0.5) is 5.69 Å². The molecule has 0 bridgehead atoms. The minimum Gasteiger partial charge on any atom is -0.492 e. The summed E-state index contributed by atoms with van der Waals surface area (Å²) in [6.45, 7) is 5.64. The van der Waals surface area contributed by atoms with Gasteiger partial charge in [0.15, 0.2) is 0 Å². The third-order valence-corrected chi connectivity index (χ3v) is 5.34. The summed E-state index contributed by atoms with van der Waals surface area (Å²) in [5.74, 6) is 0.109. The number of nitrogens with one attached hydrogen (secondary N) is 2. The van der Waals surface area contributed by atoms with E-state index in [1.807, 2.05) is 12.1 Å². The zero-order valence-corrected chi connectivity index (χ0v) is 18.6. The first kappa shape index (κ1) is 23.2. The number of carboxylic acids is 1. The molecular formula is C25H26N4O5. The second-order valence-electron chi connectivity index (χ2n) is 7.70. The maximum absolute atomic E-state index is 12.5. The summed E-state index contributed by atoms with van der Waals surface area (Å²) in [6, 6.07) is 16.6. The van der Waals surface area contributed by atoms with Crippen molar-refractivity contribution < 1.29 is 24.2 Å². The number of aromatic nitrogens is 1. The number of nitrogens with zero attached hydrogens (tertiary/aromatic N) is 2. The van der Waals surface area contributed by atoms with E-state index in [0.29, 0.717) is 18.2 Å². The molecule has 0 saturated carbocycles. The van der Waals surface area contributed by atoms with E-state index in [-0.39, 0.29) is 16.8 Å². The van der Waals surface area contributed by atoms with Crippen LogP contribution in [0.3, 0.4) is 0 Å². The molecule has 0 unspecified atom stereocenters. The van der Waals surface area contributed by atoms with Gasteiger partial charge < -0.3 is 25.2 Å². The van der Waals surface area contributed by atoms with Crippen LogP contribution in [0.1, 0.15) is 20.7 Å². The van der Waals surface area contributed by atoms with Crippen molar-refractivity contribution in [3.8, 4) is 17.4 Å². The van der Waals surface area contributed by atoms with Crippen LogP contribution in [0.25, 0.3) is 0 Å². The van der Waals surface area contributed by atoms with Gasteiger partial charge in [0.2, 0.25) is 5.88 Å². The Bertz CT molecular complexity index is 1110. The Kier molecular flexibility index (Phi) is 7.69. The average molecular weight is 463 g/mol. The number of ether oxygens (including phenoxy) is 2. The largest absolute Gasteiger partial charge is 0.492 e. The van der Waals surface area contributed by atoms with E-state index in [2.05, 4.69) is 20.5 Å². The number of carbonyl (C=O) groups excluding carboxylic acids is 1. The Labute approximate surface area is 197 Å². The first-order valence-corrected chi connectivity index (χ1v) is 11.0. The van der Waals surface area contributed by atoms with Crippen molar-refractivity contribution in [2.24, 2.45) is 0 Å². The van der Waals surface area contributed by atoms with Gasteiger partial charge in [-0.1, -0.05) is 12.1 Å². The van der Waals surface area contributed by atoms with Gasteiger partial charge >= 0.3 is 5.97 Å². The van der Waals surface area contributed by atoms with E-state index < -0.39 is 11.9 Å². The number of benzene rings is 2. The number of amides is 1. The summed E-state index contributed by atoms with van der Waals surface area (Å²) >= 11 is 0. The summed E-state index contributed by atoms with van der Waals surface area (Å²) < 4.78 is 11.6. The van der Waals surface area contributed by atoms with E-state index >= 15 is 0 Å². The van der Waals surface area contributed by atoms with Crippen LogP contribution < -0.4 is 20.1 Å². The Balaban J connectivity index is 1.28. The van der Waals surface area contributed by atoms with Crippen LogP contribution >= 0.6 is 0 Å². The van der Waals surface area contributed by atoms with E-state index in [9.17, 15) is 14.7 Å². The molecule has 1 saturated heterocycles. The molecule has 0 aliphatic carbocycles. The normalized spacial score (nSPS) is 13.8. The average Bonchev–Trinajstić information content (AvgIpc) is 2.86. The lowest BCUT2D eigenvalue weighted by Crippen LogP contribution is -2.44. The molecule has 9 heteroatoms. The lowest BCUT2D eigenvalue weighted by Gasteiger charge is -2.26. The number of hydrogen-bond acceptors (Lipinski definition) is 7. The third-order valence-electron chi connectivity index (χ3n) is 5.34. The fourth-order valence-electron chi connectivity index (χ4n) is 3.50. The number of piperazine rings is 1. The summed E-state index contributed by atoms with van der Waals surface area (Å²) in [7, 11) is 0. The third kappa shape index (κ3) is 6.31. The second-order valence-corrected chi connectivity index (χ2v) is 7.70. The molecule has 3 N–H and O–H groups in total. The van der Waals surface area contributed by atoms with Crippen molar-refractivity contribution in [2.75, 3.05) is 44.6 Å².